The molecule has 0 atom stereocenters. The Morgan fingerprint density at radius 1 is 1.10 bits per heavy atom. The van der Waals surface area contributed by atoms with Crippen LogP contribution in [-0.4, -0.2) is 42.4 Å². The van der Waals surface area contributed by atoms with Crippen LogP contribution in [0.25, 0.3) is 0 Å². The van der Waals surface area contributed by atoms with E-state index in [1.54, 1.807) is 11.0 Å². The monoisotopic (exact) mass is 401 g/mol. The fraction of sp³-hybridized carbons (Fsp3) is 0.609. The predicted molar refractivity (Wildman–Crippen MR) is 116 cm³/mol. The van der Waals surface area contributed by atoms with Gasteiger partial charge in [0.2, 0.25) is 5.91 Å². The summed E-state index contributed by atoms with van der Waals surface area (Å²) in [6, 6.07) is 5.17. The highest BCUT2D eigenvalue weighted by Gasteiger charge is 2.36. The molecule has 6 nitrogen and oxygen atoms in total. The van der Waals surface area contributed by atoms with Crippen LogP contribution in [0.5, 0.6) is 0 Å². The molecule has 0 bridgehead atoms. The highest BCUT2D eigenvalue weighted by Crippen LogP contribution is 2.35. The fourth-order valence-corrected chi connectivity index (χ4v) is 3.46. The van der Waals surface area contributed by atoms with Crippen molar-refractivity contribution in [1.82, 2.24) is 10.2 Å². The van der Waals surface area contributed by atoms with Gasteiger partial charge in [-0.2, -0.15) is 0 Å². The molecule has 2 rings (SSSR count). The van der Waals surface area contributed by atoms with Crippen molar-refractivity contribution >= 4 is 23.5 Å². The van der Waals surface area contributed by atoms with E-state index in [1.165, 1.54) is 4.90 Å². The van der Waals surface area contributed by atoms with E-state index in [4.69, 9.17) is 0 Å². The van der Waals surface area contributed by atoms with E-state index in [2.05, 4.69) is 12.2 Å². The van der Waals surface area contributed by atoms with Crippen molar-refractivity contribution in [1.29, 1.82) is 0 Å². The van der Waals surface area contributed by atoms with Crippen molar-refractivity contribution < 1.29 is 14.4 Å². The Bertz CT molecular complexity index is 752. The van der Waals surface area contributed by atoms with Gasteiger partial charge in [-0.25, -0.2) is 4.79 Å². The summed E-state index contributed by atoms with van der Waals surface area (Å²) in [5.74, 6) is -0.345. The number of urea groups is 1. The number of carbonyl (C=O) groups excluding carboxylic acids is 3. The molecule has 0 saturated carbocycles. The first kappa shape index (κ1) is 22.9. The zero-order valence-electron chi connectivity index (χ0n) is 18.5. The van der Waals surface area contributed by atoms with Crippen LogP contribution in [0.1, 0.15) is 76.2 Å². The van der Waals surface area contributed by atoms with Gasteiger partial charge in [0.15, 0.2) is 0 Å². The maximum absolute atomic E-state index is 13.4. The van der Waals surface area contributed by atoms with Crippen molar-refractivity contribution in [2.24, 2.45) is 5.41 Å². The number of benzene rings is 1. The van der Waals surface area contributed by atoms with Crippen LogP contribution >= 0.6 is 0 Å². The van der Waals surface area contributed by atoms with Crippen LogP contribution < -0.4 is 10.2 Å². The maximum atomic E-state index is 13.4. The molecule has 0 radical (unpaired) electrons. The summed E-state index contributed by atoms with van der Waals surface area (Å²) in [4.78, 5) is 42.1. The Labute approximate surface area is 174 Å². The summed E-state index contributed by atoms with van der Waals surface area (Å²) < 4.78 is 0. The lowest BCUT2D eigenvalue weighted by Gasteiger charge is -2.29. The molecule has 1 heterocycles. The van der Waals surface area contributed by atoms with E-state index in [0.29, 0.717) is 30.9 Å². The lowest BCUT2D eigenvalue weighted by atomic mass is 9.94. The average Bonchev–Trinajstić information content (AvgIpc) is 3.11. The number of nitrogens with one attached hydrogen (secondary N) is 1. The maximum Gasteiger partial charge on any atom is 0.324 e. The van der Waals surface area contributed by atoms with Gasteiger partial charge < -0.3 is 10.2 Å². The summed E-state index contributed by atoms with van der Waals surface area (Å²) >= 11 is 0. The zero-order chi connectivity index (χ0) is 21.6. The van der Waals surface area contributed by atoms with E-state index in [9.17, 15) is 14.4 Å². The second-order valence-corrected chi connectivity index (χ2v) is 8.67. The smallest absolute Gasteiger partial charge is 0.324 e. The van der Waals surface area contributed by atoms with Gasteiger partial charge in [0.1, 0.15) is 0 Å². The van der Waals surface area contributed by atoms with Crippen molar-refractivity contribution in [2.45, 2.75) is 66.7 Å². The summed E-state index contributed by atoms with van der Waals surface area (Å²) in [6.45, 7) is 11.2. The van der Waals surface area contributed by atoms with Crippen LogP contribution in [0.3, 0.4) is 0 Å². The first-order valence-corrected chi connectivity index (χ1v) is 10.8. The van der Waals surface area contributed by atoms with Gasteiger partial charge in [0.05, 0.1) is 11.3 Å². The zero-order valence-corrected chi connectivity index (χ0v) is 18.5. The fourth-order valence-electron chi connectivity index (χ4n) is 3.46. The van der Waals surface area contributed by atoms with Crippen LogP contribution in [0, 0.1) is 5.41 Å². The van der Waals surface area contributed by atoms with Gasteiger partial charge in [-0.3, -0.25) is 14.5 Å². The van der Waals surface area contributed by atoms with Gasteiger partial charge in [0.25, 0.3) is 5.91 Å². The van der Waals surface area contributed by atoms with Crippen molar-refractivity contribution in [3.63, 3.8) is 0 Å². The van der Waals surface area contributed by atoms with Crippen LogP contribution in [-0.2, 0) is 11.2 Å². The van der Waals surface area contributed by atoms with Gasteiger partial charge >= 0.3 is 6.03 Å². The molecule has 0 saturated heterocycles. The summed E-state index contributed by atoms with van der Waals surface area (Å²) in [7, 11) is 0. The molecule has 4 amide bonds. The van der Waals surface area contributed by atoms with Gasteiger partial charge in [-0.1, -0.05) is 59.6 Å². The minimum absolute atomic E-state index is 0.0102. The van der Waals surface area contributed by atoms with Gasteiger partial charge in [-0.15, -0.1) is 0 Å². The largest absolute Gasteiger partial charge is 0.338 e. The highest BCUT2D eigenvalue weighted by atomic mass is 16.2. The standard InChI is InChI=1S/C23H35N3O3/c1-6-8-14-24-22(29)26(15-9-7-2)20(27)18-12-10-11-17-13-16-25(19(17)18)21(28)23(3,4)5/h10-12H,6-9,13-16H2,1-5H3,(H,24,29). The second kappa shape index (κ2) is 9.90. The number of unbranched alkanes of at least 4 members (excludes halogenated alkanes) is 2. The number of anilines is 1. The molecule has 1 aliphatic rings. The number of fused-ring (bicyclic) bond motifs is 1. The van der Waals surface area contributed by atoms with Crippen molar-refractivity contribution in [3.05, 3.63) is 29.3 Å². The number of amides is 4. The first-order chi connectivity index (χ1) is 13.7. The number of hydrogen-bond donors (Lipinski definition) is 1. The molecule has 29 heavy (non-hydrogen) atoms. The molecule has 6 heteroatoms. The topological polar surface area (TPSA) is 69.7 Å². The lowest BCUT2D eigenvalue weighted by molar-refractivity contribution is -0.125. The van der Waals surface area contributed by atoms with E-state index < -0.39 is 5.41 Å². The Kier molecular flexibility index (Phi) is 7.82. The molecule has 1 N–H and O–H groups in total. The molecule has 0 unspecified atom stereocenters. The summed E-state index contributed by atoms with van der Waals surface area (Å²) in [5.41, 5.74) is 1.53. The Balaban J connectivity index is 2.36. The highest BCUT2D eigenvalue weighted by molar-refractivity contribution is 6.11. The molecule has 0 fully saturated rings. The number of carbonyl (C=O) groups is 3. The van der Waals surface area contributed by atoms with Gasteiger partial charge in [0, 0.05) is 25.0 Å². The molecule has 0 aliphatic carbocycles. The normalized spacial score (nSPS) is 13.2. The Morgan fingerprint density at radius 2 is 1.79 bits per heavy atom. The number of hydrogen-bond acceptors (Lipinski definition) is 3. The van der Waals surface area contributed by atoms with E-state index in [1.807, 2.05) is 39.8 Å². The molecule has 160 valence electrons. The molecule has 0 spiro atoms. The molecule has 0 aromatic heterocycles. The van der Waals surface area contributed by atoms with Crippen LogP contribution in [0.2, 0.25) is 0 Å². The second-order valence-electron chi connectivity index (χ2n) is 8.67. The molecule has 1 aromatic rings. The molecule has 1 aromatic carbocycles. The average molecular weight is 402 g/mol. The van der Waals surface area contributed by atoms with Crippen LogP contribution in [0.15, 0.2) is 18.2 Å². The quantitative estimate of drug-likeness (QED) is 0.690. The Hall–Kier alpha value is -2.37. The van der Waals surface area contributed by atoms with Crippen LogP contribution in [0.4, 0.5) is 10.5 Å². The first-order valence-electron chi connectivity index (χ1n) is 10.8. The summed E-state index contributed by atoms with van der Waals surface area (Å²) in [6.07, 6.45) is 4.19. The number of imide groups is 1. The third kappa shape index (κ3) is 5.37. The van der Waals surface area contributed by atoms with Crippen molar-refractivity contribution in [2.75, 3.05) is 24.5 Å². The Morgan fingerprint density at radius 3 is 2.41 bits per heavy atom. The summed E-state index contributed by atoms with van der Waals surface area (Å²) in [5, 5.41) is 2.85. The van der Waals surface area contributed by atoms with Gasteiger partial charge in [-0.05, 0) is 30.9 Å². The third-order valence-electron chi connectivity index (χ3n) is 5.14. The molecular formula is C23H35N3O3. The van der Waals surface area contributed by atoms with E-state index in [-0.39, 0.29) is 17.8 Å². The van der Waals surface area contributed by atoms with Crippen molar-refractivity contribution in [3.8, 4) is 0 Å². The van der Waals surface area contributed by atoms with E-state index in [0.717, 1.165) is 37.7 Å². The lowest BCUT2D eigenvalue weighted by Crippen LogP contribution is -2.45. The SMILES string of the molecule is CCCCNC(=O)N(CCCC)C(=O)c1cccc2c1N(C(=O)C(C)(C)C)CC2. The number of nitrogens with zero attached hydrogens (tertiary/aromatic N) is 2. The van der Waals surface area contributed by atoms with E-state index >= 15 is 0 Å². The molecular weight excluding hydrogens is 366 g/mol. The number of para-hydroxylation sites is 1. The minimum Gasteiger partial charge on any atom is -0.338 e. The number of rotatable bonds is 7. The third-order valence-corrected chi connectivity index (χ3v) is 5.14. The minimum atomic E-state index is -0.544. The predicted octanol–water partition coefficient (Wildman–Crippen LogP) is 4.37. The molecule has 1 aliphatic heterocycles.